The highest BCUT2D eigenvalue weighted by atomic mass is 32.2. The highest BCUT2D eigenvalue weighted by Crippen LogP contribution is 2.14. The van der Waals surface area contributed by atoms with Crippen LogP contribution < -0.4 is 5.32 Å². The summed E-state index contributed by atoms with van der Waals surface area (Å²) in [5.74, 6) is 1.15. The van der Waals surface area contributed by atoms with Crippen molar-refractivity contribution in [3.05, 3.63) is 0 Å². The second-order valence-electron chi connectivity index (χ2n) is 6.23. The first kappa shape index (κ1) is 17.9. The van der Waals surface area contributed by atoms with Gasteiger partial charge in [-0.1, -0.05) is 20.3 Å². The molecule has 4 heteroatoms. The number of nitrogens with one attached hydrogen (secondary N) is 1. The summed E-state index contributed by atoms with van der Waals surface area (Å²) in [7, 11) is -2.83. The summed E-state index contributed by atoms with van der Waals surface area (Å²) in [5.41, 5.74) is 0.105. The Morgan fingerprint density at radius 2 is 1.61 bits per heavy atom. The van der Waals surface area contributed by atoms with Crippen LogP contribution in [0.15, 0.2) is 0 Å². The zero-order valence-electron chi connectivity index (χ0n) is 12.8. The molecule has 0 aliphatic carbocycles. The molecule has 0 amide bonds. The molecule has 110 valence electrons. The van der Waals surface area contributed by atoms with E-state index in [-0.39, 0.29) is 5.54 Å². The molecule has 0 saturated heterocycles. The monoisotopic (exact) mass is 277 g/mol. The maximum atomic E-state index is 11.7. The molecule has 3 nitrogen and oxygen atoms in total. The van der Waals surface area contributed by atoms with Gasteiger partial charge in [0, 0.05) is 11.3 Å². The lowest BCUT2D eigenvalue weighted by Gasteiger charge is -2.25. The lowest BCUT2D eigenvalue weighted by atomic mass is 9.99. The van der Waals surface area contributed by atoms with E-state index in [1.54, 1.807) is 0 Å². The Balaban J connectivity index is 4.20. The third-order valence-corrected chi connectivity index (χ3v) is 4.86. The summed E-state index contributed by atoms with van der Waals surface area (Å²) in [6.45, 7) is 11.4. The average molecular weight is 277 g/mol. The maximum Gasteiger partial charge on any atom is 0.150 e. The maximum absolute atomic E-state index is 11.7. The first-order valence-corrected chi connectivity index (χ1v) is 8.97. The summed E-state index contributed by atoms with van der Waals surface area (Å²) in [5, 5.41) is 3.48. The van der Waals surface area contributed by atoms with Crippen molar-refractivity contribution in [3.63, 3.8) is 0 Å². The van der Waals surface area contributed by atoms with Crippen LogP contribution in [0.1, 0.15) is 60.3 Å². The van der Waals surface area contributed by atoms with Gasteiger partial charge in [-0.25, -0.2) is 8.42 Å². The van der Waals surface area contributed by atoms with Crippen molar-refractivity contribution in [1.29, 1.82) is 0 Å². The van der Waals surface area contributed by atoms with Crippen molar-refractivity contribution < 1.29 is 8.42 Å². The van der Waals surface area contributed by atoms with Gasteiger partial charge >= 0.3 is 0 Å². The fourth-order valence-corrected chi connectivity index (χ4v) is 3.49. The number of rotatable bonds is 9. The van der Waals surface area contributed by atoms with Crippen LogP contribution >= 0.6 is 0 Å². The van der Waals surface area contributed by atoms with Gasteiger partial charge in [0.2, 0.25) is 0 Å². The third kappa shape index (κ3) is 9.89. The quantitative estimate of drug-likeness (QED) is 0.704. The molecule has 0 rings (SSSR count). The molecular formula is C14H31NO2S. The molecule has 0 fully saturated rings. The van der Waals surface area contributed by atoms with Gasteiger partial charge in [0.1, 0.15) is 9.84 Å². The van der Waals surface area contributed by atoms with Gasteiger partial charge < -0.3 is 5.32 Å². The molecular weight excluding hydrogens is 246 g/mol. The number of hydrogen-bond donors (Lipinski definition) is 1. The Bertz CT molecular complexity index is 304. The zero-order chi connectivity index (χ0) is 14.2. The summed E-state index contributed by atoms with van der Waals surface area (Å²) in [6, 6.07) is 0. The summed E-state index contributed by atoms with van der Waals surface area (Å²) >= 11 is 0. The first-order chi connectivity index (χ1) is 8.20. The van der Waals surface area contributed by atoms with Crippen LogP contribution in [0.4, 0.5) is 0 Å². The molecule has 0 aromatic rings. The van der Waals surface area contributed by atoms with Gasteiger partial charge in [-0.2, -0.15) is 0 Å². The molecule has 1 atom stereocenters. The highest BCUT2D eigenvalue weighted by Gasteiger charge is 2.17. The number of hydrogen-bond acceptors (Lipinski definition) is 3. The van der Waals surface area contributed by atoms with Crippen molar-refractivity contribution in [2.24, 2.45) is 5.92 Å². The van der Waals surface area contributed by atoms with E-state index in [0.29, 0.717) is 17.4 Å². The Labute approximate surface area is 114 Å². The fraction of sp³-hybridized carbons (Fsp3) is 1.00. The molecule has 0 aromatic carbocycles. The second-order valence-corrected chi connectivity index (χ2v) is 8.53. The third-order valence-electron chi connectivity index (χ3n) is 2.97. The fourth-order valence-electron chi connectivity index (χ4n) is 1.97. The van der Waals surface area contributed by atoms with Gasteiger partial charge in [-0.3, -0.25) is 0 Å². The Morgan fingerprint density at radius 3 is 2.06 bits per heavy atom. The molecule has 1 unspecified atom stereocenters. The predicted octanol–water partition coefficient (Wildman–Crippen LogP) is 3.01. The van der Waals surface area contributed by atoms with E-state index >= 15 is 0 Å². The van der Waals surface area contributed by atoms with Gasteiger partial charge in [0.25, 0.3) is 0 Å². The second kappa shape index (κ2) is 8.16. The highest BCUT2D eigenvalue weighted by molar-refractivity contribution is 7.91. The van der Waals surface area contributed by atoms with Crippen molar-refractivity contribution in [2.45, 2.75) is 65.8 Å². The normalized spacial score (nSPS) is 14.7. The van der Waals surface area contributed by atoms with E-state index < -0.39 is 9.84 Å². The van der Waals surface area contributed by atoms with E-state index in [4.69, 9.17) is 0 Å². The number of sulfone groups is 1. The van der Waals surface area contributed by atoms with E-state index in [0.717, 1.165) is 32.2 Å². The molecule has 0 aromatic heterocycles. The summed E-state index contributed by atoms with van der Waals surface area (Å²) < 4.78 is 23.4. The van der Waals surface area contributed by atoms with Crippen molar-refractivity contribution in [2.75, 3.05) is 18.1 Å². The van der Waals surface area contributed by atoms with Crippen LogP contribution in [0.5, 0.6) is 0 Å². The minimum atomic E-state index is -2.83. The van der Waals surface area contributed by atoms with Crippen LogP contribution in [-0.4, -0.2) is 32.0 Å². The van der Waals surface area contributed by atoms with E-state index in [9.17, 15) is 8.42 Å². The minimum absolute atomic E-state index is 0.105. The smallest absolute Gasteiger partial charge is 0.150 e. The van der Waals surface area contributed by atoms with Crippen molar-refractivity contribution in [3.8, 4) is 0 Å². The summed E-state index contributed by atoms with van der Waals surface area (Å²) in [6.07, 6.45) is 3.73. The van der Waals surface area contributed by atoms with Crippen LogP contribution in [0.3, 0.4) is 0 Å². The van der Waals surface area contributed by atoms with Gasteiger partial charge in [-0.15, -0.1) is 0 Å². The van der Waals surface area contributed by atoms with Crippen molar-refractivity contribution >= 4 is 9.84 Å². The van der Waals surface area contributed by atoms with Crippen LogP contribution in [0, 0.1) is 5.92 Å². The molecule has 1 N–H and O–H groups in total. The molecule has 0 aliphatic rings. The molecule has 0 spiro atoms. The lowest BCUT2D eigenvalue weighted by Crippen LogP contribution is -2.39. The predicted molar refractivity (Wildman–Crippen MR) is 79.7 cm³/mol. The molecule has 0 bridgehead atoms. The molecule has 0 radical (unpaired) electrons. The van der Waals surface area contributed by atoms with E-state index in [2.05, 4.69) is 33.0 Å². The lowest BCUT2D eigenvalue weighted by molar-refractivity contribution is 0.351. The SMILES string of the molecule is CCCC(CCS(=O)(=O)CCC)CNC(C)(C)C. The van der Waals surface area contributed by atoms with Crippen LogP contribution in [-0.2, 0) is 9.84 Å². The molecule has 0 aliphatic heterocycles. The standard InChI is InChI=1S/C14H31NO2S/c1-6-8-13(12-15-14(3,4)5)9-11-18(16,17)10-7-2/h13,15H,6-12H2,1-5H3. The van der Waals surface area contributed by atoms with Crippen LogP contribution in [0.25, 0.3) is 0 Å². The van der Waals surface area contributed by atoms with Gasteiger partial charge in [0.15, 0.2) is 0 Å². The largest absolute Gasteiger partial charge is 0.312 e. The van der Waals surface area contributed by atoms with Gasteiger partial charge in [-0.05, 0) is 52.5 Å². The molecule has 18 heavy (non-hydrogen) atoms. The molecule has 0 heterocycles. The Hall–Kier alpha value is -0.0900. The Kier molecular flexibility index (Phi) is 8.11. The van der Waals surface area contributed by atoms with E-state index in [1.807, 2.05) is 6.92 Å². The van der Waals surface area contributed by atoms with Crippen LogP contribution in [0.2, 0.25) is 0 Å². The molecule has 0 saturated carbocycles. The first-order valence-electron chi connectivity index (χ1n) is 7.15. The topological polar surface area (TPSA) is 46.2 Å². The summed E-state index contributed by atoms with van der Waals surface area (Å²) in [4.78, 5) is 0. The Morgan fingerprint density at radius 1 is 1.00 bits per heavy atom. The zero-order valence-corrected chi connectivity index (χ0v) is 13.6. The minimum Gasteiger partial charge on any atom is -0.312 e. The van der Waals surface area contributed by atoms with E-state index in [1.165, 1.54) is 0 Å². The van der Waals surface area contributed by atoms with Crippen molar-refractivity contribution in [1.82, 2.24) is 5.32 Å². The van der Waals surface area contributed by atoms with Gasteiger partial charge in [0.05, 0.1) is 5.75 Å². The average Bonchev–Trinajstić information content (AvgIpc) is 2.21.